The number of oxazole rings is 1. The third-order valence-electron chi connectivity index (χ3n) is 7.16. The van der Waals surface area contributed by atoms with Gasteiger partial charge in [-0.25, -0.2) is 9.78 Å². The predicted molar refractivity (Wildman–Crippen MR) is 146 cm³/mol. The summed E-state index contributed by atoms with van der Waals surface area (Å²) in [6, 6.07) is 13.4. The summed E-state index contributed by atoms with van der Waals surface area (Å²) in [6.45, 7) is 2.10. The third-order valence-corrected chi connectivity index (χ3v) is 7.16. The average Bonchev–Trinajstić information content (AvgIpc) is 3.64. The second kappa shape index (κ2) is 11.7. The summed E-state index contributed by atoms with van der Waals surface area (Å²) in [5.41, 5.74) is 2.33. The molecule has 212 valence electrons. The van der Waals surface area contributed by atoms with Crippen LogP contribution in [0.25, 0.3) is 11.1 Å². The number of para-hydroxylation sites is 1. The zero-order chi connectivity index (χ0) is 29.1. The lowest BCUT2D eigenvalue weighted by atomic mass is 9.95. The standard InChI is InChI=1S/C29H27FN4O7/c1-17-6-3-4-7-21(17)32-25(18-9-12-22-24(14-18)40-15-31-22)27(35)23-8-5-13-33(23)16-41-28-19(29(36)39-2)10-11-20(30)26(28)34(37)38/h3-4,6-7,9-12,14-15,23,25,32H,5,8,13,16H2,1-2H3/t23-,25-/m0/s1. The van der Waals surface area contributed by atoms with E-state index in [0.717, 1.165) is 30.5 Å². The van der Waals surface area contributed by atoms with Crippen LogP contribution in [0.15, 0.2) is 65.4 Å². The number of Topliss-reactive ketones (excluding diaryl/α,β-unsaturated/α-hetero) is 1. The molecule has 0 bridgehead atoms. The number of nitrogens with one attached hydrogen (secondary N) is 1. The minimum Gasteiger partial charge on any atom is -0.470 e. The van der Waals surface area contributed by atoms with E-state index in [2.05, 4.69) is 10.3 Å². The van der Waals surface area contributed by atoms with Crippen LogP contribution in [0.1, 0.15) is 40.4 Å². The number of methoxy groups -OCH3 is 1. The molecule has 0 radical (unpaired) electrons. The Morgan fingerprint density at radius 1 is 1.24 bits per heavy atom. The molecule has 1 saturated heterocycles. The number of nitrogens with zero attached hydrogens (tertiary/aromatic N) is 3. The number of benzene rings is 3. The molecular formula is C29H27FN4O7. The molecular weight excluding hydrogens is 535 g/mol. The summed E-state index contributed by atoms with van der Waals surface area (Å²) in [6.07, 6.45) is 2.51. The molecule has 11 nitrogen and oxygen atoms in total. The maximum Gasteiger partial charge on any atom is 0.347 e. The van der Waals surface area contributed by atoms with Gasteiger partial charge in [-0.1, -0.05) is 24.3 Å². The molecule has 0 saturated carbocycles. The van der Waals surface area contributed by atoms with Gasteiger partial charge < -0.3 is 19.2 Å². The lowest BCUT2D eigenvalue weighted by molar-refractivity contribution is -0.388. The molecule has 12 heteroatoms. The topological polar surface area (TPSA) is 137 Å². The first-order valence-electron chi connectivity index (χ1n) is 12.9. The Kier molecular flexibility index (Phi) is 7.92. The Morgan fingerprint density at radius 2 is 2.05 bits per heavy atom. The van der Waals surface area contributed by atoms with Crippen LogP contribution in [0.3, 0.4) is 0 Å². The molecule has 0 unspecified atom stereocenters. The fraction of sp³-hybridized carbons (Fsp3) is 0.276. The van der Waals surface area contributed by atoms with Crippen molar-refractivity contribution in [1.29, 1.82) is 0 Å². The number of halogens is 1. The summed E-state index contributed by atoms with van der Waals surface area (Å²) in [7, 11) is 1.11. The van der Waals surface area contributed by atoms with Crippen LogP contribution in [0.5, 0.6) is 5.75 Å². The zero-order valence-electron chi connectivity index (χ0n) is 22.3. The van der Waals surface area contributed by atoms with E-state index in [0.29, 0.717) is 36.0 Å². The van der Waals surface area contributed by atoms with Crippen LogP contribution in [-0.4, -0.2) is 53.0 Å². The highest BCUT2D eigenvalue weighted by Gasteiger charge is 2.37. The number of aryl methyl sites for hydroxylation is 1. The molecule has 1 N–H and O–H groups in total. The van der Waals surface area contributed by atoms with E-state index in [1.165, 1.54) is 6.39 Å². The first kappa shape index (κ1) is 27.7. The van der Waals surface area contributed by atoms with Crippen molar-refractivity contribution in [1.82, 2.24) is 9.88 Å². The van der Waals surface area contributed by atoms with Gasteiger partial charge in [-0.05, 0) is 61.2 Å². The fourth-order valence-electron chi connectivity index (χ4n) is 5.04. The number of fused-ring (bicyclic) bond motifs is 1. The maximum atomic E-state index is 14.4. The van der Waals surface area contributed by atoms with Crippen molar-refractivity contribution in [3.05, 3.63) is 93.6 Å². The number of hydrogen-bond donors (Lipinski definition) is 1. The summed E-state index contributed by atoms with van der Waals surface area (Å²) >= 11 is 0. The lowest BCUT2D eigenvalue weighted by Crippen LogP contribution is -2.42. The van der Waals surface area contributed by atoms with E-state index >= 15 is 0 Å². The number of carbonyl (C=O) groups excluding carboxylic acids is 2. The van der Waals surface area contributed by atoms with Crippen molar-refractivity contribution in [3.8, 4) is 5.75 Å². The smallest absolute Gasteiger partial charge is 0.347 e. The number of aromatic nitrogens is 1. The normalized spacial score (nSPS) is 15.9. The molecule has 1 aliphatic heterocycles. The van der Waals surface area contributed by atoms with Crippen molar-refractivity contribution >= 4 is 34.2 Å². The van der Waals surface area contributed by atoms with Gasteiger partial charge in [0.15, 0.2) is 17.8 Å². The first-order valence-corrected chi connectivity index (χ1v) is 12.9. The molecule has 0 amide bonds. The van der Waals surface area contributed by atoms with Crippen LogP contribution in [0.2, 0.25) is 0 Å². The number of hydrogen-bond acceptors (Lipinski definition) is 10. The number of rotatable bonds is 10. The number of ketones is 1. The molecule has 41 heavy (non-hydrogen) atoms. The number of nitro benzene ring substituents is 1. The Hall–Kier alpha value is -4.84. The quantitative estimate of drug-likeness (QED) is 0.156. The number of esters is 1. The number of likely N-dealkylation sites (tertiary alicyclic amines) is 1. The van der Waals surface area contributed by atoms with Gasteiger partial charge in [-0.15, -0.1) is 0 Å². The van der Waals surface area contributed by atoms with Gasteiger partial charge >= 0.3 is 11.7 Å². The molecule has 5 rings (SSSR count). The Labute approximate surface area is 234 Å². The SMILES string of the molecule is COC(=O)c1ccc(F)c([N+](=O)[O-])c1OCN1CCC[C@H]1C(=O)[C@@H](Nc1ccccc1C)c1ccc2ncoc2c1. The van der Waals surface area contributed by atoms with E-state index in [1.54, 1.807) is 17.0 Å². The number of ether oxygens (including phenoxy) is 2. The highest BCUT2D eigenvalue weighted by molar-refractivity contribution is 5.94. The van der Waals surface area contributed by atoms with Crippen LogP contribution in [0, 0.1) is 22.9 Å². The van der Waals surface area contributed by atoms with E-state index in [9.17, 15) is 24.1 Å². The van der Waals surface area contributed by atoms with Crippen LogP contribution in [0.4, 0.5) is 15.8 Å². The third kappa shape index (κ3) is 5.59. The molecule has 0 spiro atoms. The van der Waals surface area contributed by atoms with E-state index in [-0.39, 0.29) is 18.1 Å². The molecule has 1 aliphatic rings. The minimum absolute atomic E-state index is 0.157. The average molecular weight is 563 g/mol. The zero-order valence-corrected chi connectivity index (χ0v) is 22.3. The molecule has 0 aliphatic carbocycles. The number of carbonyl (C=O) groups is 2. The van der Waals surface area contributed by atoms with E-state index in [1.807, 2.05) is 37.3 Å². The van der Waals surface area contributed by atoms with Gasteiger partial charge in [0.2, 0.25) is 11.6 Å². The van der Waals surface area contributed by atoms with Crippen LogP contribution in [-0.2, 0) is 9.53 Å². The van der Waals surface area contributed by atoms with Crippen LogP contribution < -0.4 is 10.1 Å². The van der Waals surface area contributed by atoms with Crippen molar-refractivity contribution < 1.29 is 32.8 Å². The minimum atomic E-state index is -1.16. The molecule has 1 fully saturated rings. The summed E-state index contributed by atoms with van der Waals surface area (Å²) in [4.78, 5) is 43.0. The molecule has 1 aromatic heterocycles. The van der Waals surface area contributed by atoms with E-state index in [4.69, 9.17) is 13.9 Å². The maximum absolute atomic E-state index is 14.4. The Balaban J connectivity index is 1.45. The van der Waals surface area contributed by atoms with Crippen molar-refractivity contribution in [2.24, 2.45) is 0 Å². The van der Waals surface area contributed by atoms with Gasteiger partial charge in [0.05, 0.1) is 18.1 Å². The van der Waals surface area contributed by atoms with Gasteiger partial charge in [0.1, 0.15) is 23.9 Å². The fourth-order valence-corrected chi connectivity index (χ4v) is 5.04. The number of nitro groups is 1. The first-order chi connectivity index (χ1) is 19.8. The lowest BCUT2D eigenvalue weighted by Gasteiger charge is -2.28. The van der Waals surface area contributed by atoms with Crippen molar-refractivity contribution in [2.45, 2.75) is 31.8 Å². The highest BCUT2D eigenvalue weighted by Crippen LogP contribution is 2.36. The predicted octanol–water partition coefficient (Wildman–Crippen LogP) is 5.19. The van der Waals surface area contributed by atoms with Gasteiger partial charge in [-0.2, -0.15) is 4.39 Å². The summed E-state index contributed by atoms with van der Waals surface area (Å²) < 4.78 is 30.3. The summed E-state index contributed by atoms with van der Waals surface area (Å²) in [5.74, 6) is -2.78. The summed E-state index contributed by atoms with van der Waals surface area (Å²) in [5, 5.41) is 15.0. The second-order valence-electron chi connectivity index (χ2n) is 9.64. The highest BCUT2D eigenvalue weighted by atomic mass is 19.1. The van der Waals surface area contributed by atoms with Crippen LogP contribution >= 0.6 is 0 Å². The van der Waals surface area contributed by atoms with Crippen molar-refractivity contribution in [2.75, 3.05) is 25.7 Å². The second-order valence-corrected chi connectivity index (χ2v) is 9.64. The van der Waals surface area contributed by atoms with E-state index < -0.39 is 40.2 Å². The largest absolute Gasteiger partial charge is 0.470 e. The Morgan fingerprint density at radius 3 is 2.80 bits per heavy atom. The van der Waals surface area contributed by atoms with Gasteiger partial charge in [0.25, 0.3) is 0 Å². The molecule has 3 aromatic carbocycles. The Bertz CT molecular complexity index is 1620. The van der Waals surface area contributed by atoms with Gasteiger partial charge in [-0.3, -0.25) is 19.8 Å². The monoisotopic (exact) mass is 562 g/mol. The molecule has 2 heterocycles. The van der Waals surface area contributed by atoms with Crippen molar-refractivity contribution in [3.63, 3.8) is 0 Å². The number of anilines is 1. The molecule has 4 aromatic rings. The van der Waals surface area contributed by atoms with Gasteiger partial charge in [0, 0.05) is 12.2 Å². The molecule has 2 atom stereocenters.